The quantitative estimate of drug-likeness (QED) is 0.116. The van der Waals surface area contributed by atoms with E-state index in [1.54, 1.807) is 47.7 Å². The summed E-state index contributed by atoms with van der Waals surface area (Å²) in [5.41, 5.74) is 8.67. The molecular formula is C29H48N6O7. The number of hydrogen-bond acceptors (Lipinski definition) is 9. The number of nitrogens with two attached hydrogens (primary N) is 2. The molecule has 42 heavy (non-hydrogen) atoms. The number of aromatic nitrogens is 2. The monoisotopic (exact) mass is 592 g/mol. The Morgan fingerprint density at radius 1 is 0.952 bits per heavy atom. The fraction of sp³-hybridized carbons (Fsp3) is 0.690. The van der Waals surface area contributed by atoms with Gasteiger partial charge in [0, 0.05) is 60.9 Å². The summed E-state index contributed by atoms with van der Waals surface area (Å²) in [5, 5.41) is 13.9. The van der Waals surface area contributed by atoms with Gasteiger partial charge in [0.25, 0.3) is 0 Å². The molecule has 0 saturated heterocycles. The van der Waals surface area contributed by atoms with E-state index in [4.69, 9.17) is 16.6 Å². The number of carbonyl (C=O) groups is 6. The molecule has 0 aromatic carbocycles. The fourth-order valence-electron chi connectivity index (χ4n) is 4.30. The summed E-state index contributed by atoms with van der Waals surface area (Å²) in [7, 11) is 0. The Hall–Kier alpha value is -3.45. The van der Waals surface area contributed by atoms with E-state index in [1.165, 1.54) is 6.33 Å². The zero-order chi connectivity index (χ0) is 32.3. The molecule has 0 aliphatic rings. The topological polar surface area (TPSA) is 227 Å². The van der Waals surface area contributed by atoms with E-state index in [2.05, 4.69) is 20.6 Å². The number of H-pyrrole nitrogens is 1. The lowest BCUT2D eigenvalue weighted by Crippen LogP contribution is -2.56. The Morgan fingerprint density at radius 2 is 1.55 bits per heavy atom. The van der Waals surface area contributed by atoms with Gasteiger partial charge in [0.1, 0.15) is 18.2 Å². The number of hydrogen-bond donors (Lipinski definition) is 6. The van der Waals surface area contributed by atoms with Crippen LogP contribution < -0.4 is 22.1 Å². The molecule has 236 valence electrons. The van der Waals surface area contributed by atoms with Gasteiger partial charge >= 0.3 is 0 Å². The van der Waals surface area contributed by atoms with Crippen LogP contribution in [0, 0.1) is 16.7 Å². The average Bonchev–Trinajstić information content (AvgIpc) is 3.39. The Balaban J connectivity index is 2.73. The van der Waals surface area contributed by atoms with E-state index in [0.717, 1.165) is 0 Å². The zero-order valence-electron chi connectivity index (χ0n) is 25.7. The van der Waals surface area contributed by atoms with Gasteiger partial charge in [0.15, 0.2) is 5.78 Å². The second-order valence-corrected chi connectivity index (χ2v) is 12.7. The van der Waals surface area contributed by atoms with Crippen LogP contribution in [0.1, 0.15) is 85.8 Å². The van der Waals surface area contributed by atoms with Gasteiger partial charge in [0.05, 0.1) is 17.9 Å². The number of unbranched alkanes of at least 4 members (excludes halogenated alkanes) is 1. The molecule has 0 aliphatic carbocycles. The fourth-order valence-corrected chi connectivity index (χ4v) is 4.30. The molecule has 0 fully saturated rings. The van der Waals surface area contributed by atoms with Crippen LogP contribution in [-0.2, 0) is 35.2 Å². The van der Waals surface area contributed by atoms with Crippen LogP contribution in [0.25, 0.3) is 0 Å². The van der Waals surface area contributed by atoms with Crippen LogP contribution in [0.5, 0.6) is 0 Å². The average molecular weight is 593 g/mol. The van der Waals surface area contributed by atoms with Crippen molar-refractivity contribution in [2.45, 2.75) is 98.1 Å². The first-order chi connectivity index (χ1) is 19.3. The number of aromatic amines is 1. The molecular weight excluding hydrogens is 544 g/mol. The maximum absolute atomic E-state index is 13.3. The highest BCUT2D eigenvalue weighted by molar-refractivity contribution is 5.99. The van der Waals surface area contributed by atoms with Crippen LogP contribution in [0.3, 0.4) is 0 Å². The molecule has 1 aromatic rings. The minimum absolute atomic E-state index is 0.129. The maximum Gasteiger partial charge on any atom is 0.245 e. The number of rotatable bonds is 20. The number of primary amides is 1. The number of carbonyl (C=O) groups excluding carboxylic acids is 6. The standard InChI is InChI=1S/C29H48N6O7/c1-27(2,21(37)11-18(25(31)41)9-7-8-10-33-24(40)16-36)13-22(38)28(3,4)14-23(39)29(5,6)35-26(42)20(30)12-19-15-32-17-34-19/h15,17-18,20,36H,7-14,16,30H2,1-6H3,(H2,31,41)(H,32,34)(H,33,40)(H,35,42)/t18-,20+/m1/s1. The molecule has 1 heterocycles. The van der Waals surface area contributed by atoms with Gasteiger partial charge in [-0.25, -0.2) is 4.98 Å². The van der Waals surface area contributed by atoms with Crippen LogP contribution in [0.15, 0.2) is 12.5 Å². The predicted molar refractivity (Wildman–Crippen MR) is 156 cm³/mol. The lowest BCUT2D eigenvalue weighted by atomic mass is 9.71. The van der Waals surface area contributed by atoms with Crippen LogP contribution in [0.2, 0.25) is 0 Å². The minimum Gasteiger partial charge on any atom is -0.387 e. The zero-order valence-corrected chi connectivity index (χ0v) is 25.7. The Kier molecular flexibility index (Phi) is 13.7. The number of nitrogens with zero attached hydrogens (tertiary/aromatic N) is 1. The van der Waals surface area contributed by atoms with Gasteiger partial charge in [-0.3, -0.25) is 28.8 Å². The SMILES string of the molecule is CC(C)(CC(=O)C(C)(C)CC(=O)C(C)(C)NC(=O)[C@@H](N)Cc1cnc[nH]1)C(=O)C[C@@H](CCCCNC(=O)CO)C(N)=O. The molecule has 13 heteroatoms. The molecule has 0 spiro atoms. The highest BCUT2D eigenvalue weighted by Crippen LogP contribution is 2.34. The molecule has 0 bridgehead atoms. The van der Waals surface area contributed by atoms with Crippen molar-refractivity contribution >= 4 is 35.1 Å². The lowest BCUT2D eigenvalue weighted by Gasteiger charge is -2.33. The number of nitrogens with one attached hydrogen (secondary N) is 3. The summed E-state index contributed by atoms with van der Waals surface area (Å²) in [6, 6.07) is -0.907. The molecule has 2 atom stereocenters. The lowest BCUT2D eigenvalue weighted by molar-refractivity contribution is -0.140. The number of imidazole rings is 1. The highest BCUT2D eigenvalue weighted by Gasteiger charge is 2.41. The van der Waals surface area contributed by atoms with Gasteiger partial charge in [-0.2, -0.15) is 0 Å². The van der Waals surface area contributed by atoms with Crippen molar-refractivity contribution in [1.82, 2.24) is 20.6 Å². The van der Waals surface area contributed by atoms with E-state index >= 15 is 0 Å². The van der Waals surface area contributed by atoms with E-state index in [9.17, 15) is 28.8 Å². The Bertz CT molecular complexity index is 1110. The Labute approximate surface area is 247 Å². The van der Waals surface area contributed by atoms with Crippen molar-refractivity contribution in [3.05, 3.63) is 18.2 Å². The normalized spacial score (nSPS) is 13.6. The van der Waals surface area contributed by atoms with Gasteiger partial charge in [-0.1, -0.05) is 34.1 Å². The van der Waals surface area contributed by atoms with Gasteiger partial charge < -0.3 is 32.2 Å². The summed E-state index contributed by atoms with van der Waals surface area (Å²) in [4.78, 5) is 82.2. The third kappa shape index (κ3) is 11.8. The molecule has 1 aromatic heterocycles. The number of aliphatic hydroxyl groups is 1. The third-order valence-corrected chi connectivity index (χ3v) is 7.46. The van der Waals surface area contributed by atoms with Gasteiger partial charge in [0.2, 0.25) is 17.7 Å². The summed E-state index contributed by atoms with van der Waals surface area (Å²) in [6.45, 7) is 9.31. The first-order valence-corrected chi connectivity index (χ1v) is 14.1. The van der Waals surface area contributed by atoms with Crippen LogP contribution in [-0.4, -0.2) is 74.9 Å². The molecule has 0 radical (unpaired) electrons. The van der Waals surface area contributed by atoms with Crippen molar-refractivity contribution < 1.29 is 33.9 Å². The molecule has 3 amide bonds. The van der Waals surface area contributed by atoms with E-state index in [1.807, 2.05) is 0 Å². The number of Topliss-reactive ketones (excluding diaryl/α,β-unsaturated/α-hetero) is 3. The second-order valence-electron chi connectivity index (χ2n) is 12.7. The molecule has 1 rings (SSSR count). The molecule has 0 aliphatic heterocycles. The van der Waals surface area contributed by atoms with E-state index < -0.39 is 52.7 Å². The second kappa shape index (κ2) is 15.7. The van der Waals surface area contributed by atoms with Crippen molar-refractivity contribution in [2.75, 3.05) is 13.2 Å². The van der Waals surface area contributed by atoms with E-state index in [-0.39, 0.29) is 43.0 Å². The van der Waals surface area contributed by atoms with E-state index in [0.29, 0.717) is 31.5 Å². The summed E-state index contributed by atoms with van der Waals surface area (Å²) < 4.78 is 0. The number of amides is 3. The maximum atomic E-state index is 13.3. The molecule has 8 N–H and O–H groups in total. The van der Waals surface area contributed by atoms with Crippen LogP contribution in [0.4, 0.5) is 0 Å². The highest BCUT2D eigenvalue weighted by atomic mass is 16.3. The van der Waals surface area contributed by atoms with Crippen molar-refractivity contribution in [2.24, 2.45) is 28.2 Å². The first-order valence-electron chi connectivity index (χ1n) is 14.1. The largest absolute Gasteiger partial charge is 0.387 e. The molecule has 13 nitrogen and oxygen atoms in total. The molecule has 0 saturated carbocycles. The summed E-state index contributed by atoms with van der Waals surface area (Å²) in [5.74, 6) is -3.32. The summed E-state index contributed by atoms with van der Waals surface area (Å²) >= 11 is 0. The number of ketones is 3. The summed E-state index contributed by atoms with van der Waals surface area (Å²) in [6.07, 6.45) is 4.21. The van der Waals surface area contributed by atoms with Crippen molar-refractivity contribution in [3.8, 4) is 0 Å². The number of aliphatic hydroxyl groups excluding tert-OH is 1. The molecule has 0 unspecified atom stereocenters. The predicted octanol–water partition coefficient (Wildman–Crippen LogP) is 0.485. The minimum atomic E-state index is -1.29. The smallest absolute Gasteiger partial charge is 0.245 e. The van der Waals surface area contributed by atoms with Crippen molar-refractivity contribution in [3.63, 3.8) is 0 Å². The van der Waals surface area contributed by atoms with Gasteiger partial charge in [-0.05, 0) is 26.7 Å². The van der Waals surface area contributed by atoms with Crippen molar-refractivity contribution in [1.29, 1.82) is 0 Å². The first kappa shape index (κ1) is 36.6. The Morgan fingerprint density at radius 3 is 2.10 bits per heavy atom. The van der Waals surface area contributed by atoms with Crippen LogP contribution >= 0.6 is 0 Å². The van der Waals surface area contributed by atoms with Gasteiger partial charge in [-0.15, -0.1) is 0 Å². The third-order valence-electron chi connectivity index (χ3n) is 7.46.